The fourth-order valence-electron chi connectivity index (χ4n) is 2.73. The number of hydrogen-bond acceptors (Lipinski definition) is 7. The van der Waals surface area contributed by atoms with Crippen LogP contribution in [0.1, 0.15) is 35.8 Å². The number of nitrogens with one attached hydrogen (secondary N) is 1. The molecule has 0 spiro atoms. The van der Waals surface area contributed by atoms with Gasteiger partial charge in [-0.2, -0.15) is 0 Å². The van der Waals surface area contributed by atoms with Crippen LogP contribution in [0.5, 0.6) is 0 Å². The maximum atomic E-state index is 12.6. The van der Waals surface area contributed by atoms with Crippen LogP contribution in [0.3, 0.4) is 0 Å². The van der Waals surface area contributed by atoms with Crippen LogP contribution in [-0.2, 0) is 16.0 Å². The molecule has 0 atom stereocenters. The Balaban J connectivity index is 1.69. The third kappa shape index (κ3) is 4.33. The Hall–Kier alpha value is -2.48. The minimum absolute atomic E-state index is 0.103. The monoisotopic (exact) mass is 360 g/mol. The Morgan fingerprint density at radius 3 is 2.92 bits per heavy atom. The van der Waals surface area contributed by atoms with E-state index in [2.05, 4.69) is 20.2 Å². The van der Waals surface area contributed by atoms with E-state index in [4.69, 9.17) is 4.74 Å². The number of amides is 1. The number of pyridine rings is 1. The number of anilines is 2. The van der Waals surface area contributed by atoms with Crippen molar-refractivity contribution >= 4 is 34.2 Å². The molecule has 7 nitrogen and oxygen atoms in total. The van der Waals surface area contributed by atoms with Crippen molar-refractivity contribution in [2.75, 3.05) is 29.9 Å². The number of rotatable bonds is 6. The summed E-state index contributed by atoms with van der Waals surface area (Å²) in [5.41, 5.74) is 1.12. The van der Waals surface area contributed by atoms with Crippen LogP contribution < -0.4 is 10.2 Å². The lowest BCUT2D eigenvalue weighted by atomic mass is 10.2. The highest BCUT2D eigenvalue weighted by Crippen LogP contribution is 2.24. The van der Waals surface area contributed by atoms with Gasteiger partial charge in [0.1, 0.15) is 5.82 Å². The number of hydrogen-bond donors (Lipinski definition) is 1. The van der Waals surface area contributed by atoms with E-state index in [0.717, 1.165) is 25.9 Å². The van der Waals surface area contributed by atoms with Crippen molar-refractivity contribution in [3.05, 3.63) is 35.0 Å². The van der Waals surface area contributed by atoms with Crippen molar-refractivity contribution < 1.29 is 14.3 Å². The van der Waals surface area contributed by atoms with Gasteiger partial charge >= 0.3 is 5.97 Å². The van der Waals surface area contributed by atoms with Gasteiger partial charge in [-0.1, -0.05) is 0 Å². The van der Waals surface area contributed by atoms with Gasteiger partial charge in [-0.05, 0) is 31.9 Å². The van der Waals surface area contributed by atoms with Crippen LogP contribution in [-0.4, -0.2) is 41.5 Å². The van der Waals surface area contributed by atoms with E-state index in [0.29, 0.717) is 28.8 Å². The molecule has 1 N–H and O–H groups in total. The van der Waals surface area contributed by atoms with E-state index in [1.807, 2.05) is 0 Å². The summed E-state index contributed by atoms with van der Waals surface area (Å²) in [5.74, 6) is 0.141. The summed E-state index contributed by atoms with van der Waals surface area (Å²) in [6.45, 7) is 3.93. The highest BCUT2D eigenvalue weighted by atomic mass is 32.1. The Bertz CT molecular complexity index is 756. The zero-order valence-electron chi connectivity index (χ0n) is 14.0. The molecule has 1 amide bonds. The molecule has 1 aliphatic rings. The molecule has 0 aliphatic carbocycles. The number of ether oxygens (including phenoxy) is 1. The lowest BCUT2D eigenvalue weighted by Crippen LogP contribution is -2.24. The molecule has 3 heterocycles. The number of carbonyl (C=O) groups excluding carboxylic acids is 2. The van der Waals surface area contributed by atoms with Crippen LogP contribution in [0, 0.1) is 0 Å². The molecule has 2 aromatic rings. The van der Waals surface area contributed by atoms with Gasteiger partial charge in [0.25, 0.3) is 5.91 Å². The molecule has 0 radical (unpaired) electrons. The van der Waals surface area contributed by atoms with Crippen LogP contribution in [0.15, 0.2) is 23.7 Å². The molecule has 8 heteroatoms. The first-order valence-corrected chi connectivity index (χ1v) is 9.16. The summed E-state index contributed by atoms with van der Waals surface area (Å²) >= 11 is 1.29. The summed E-state index contributed by atoms with van der Waals surface area (Å²) in [7, 11) is 0. The summed E-state index contributed by atoms with van der Waals surface area (Å²) in [6.07, 6.45) is 4.03. The van der Waals surface area contributed by atoms with Crippen LogP contribution in [0.25, 0.3) is 0 Å². The maximum absolute atomic E-state index is 12.6. The van der Waals surface area contributed by atoms with Gasteiger partial charge < -0.3 is 9.64 Å². The van der Waals surface area contributed by atoms with Crippen molar-refractivity contribution in [2.24, 2.45) is 0 Å². The summed E-state index contributed by atoms with van der Waals surface area (Å²) in [6, 6.07) is 3.52. The highest BCUT2D eigenvalue weighted by molar-refractivity contribution is 7.14. The molecule has 0 aromatic carbocycles. The molecular weight excluding hydrogens is 340 g/mol. The normalized spacial score (nSPS) is 13.7. The van der Waals surface area contributed by atoms with Crippen molar-refractivity contribution in [1.29, 1.82) is 0 Å². The topological polar surface area (TPSA) is 84.4 Å². The summed E-state index contributed by atoms with van der Waals surface area (Å²) in [5, 5.41) is 5.00. The minimum Gasteiger partial charge on any atom is -0.466 e. The molecular formula is C17H20N4O3S. The predicted molar refractivity (Wildman–Crippen MR) is 96.1 cm³/mol. The largest absolute Gasteiger partial charge is 0.466 e. The van der Waals surface area contributed by atoms with E-state index in [-0.39, 0.29) is 18.3 Å². The Morgan fingerprint density at radius 1 is 1.36 bits per heavy atom. The summed E-state index contributed by atoms with van der Waals surface area (Å²) in [4.78, 5) is 34.9. The van der Waals surface area contributed by atoms with Crippen molar-refractivity contribution in [1.82, 2.24) is 9.97 Å². The third-order valence-electron chi connectivity index (χ3n) is 3.84. The number of thiazole rings is 1. The lowest BCUT2D eigenvalue weighted by Gasteiger charge is -2.19. The Kier molecular flexibility index (Phi) is 5.60. The number of carbonyl (C=O) groups is 2. The number of nitrogens with zero attached hydrogens (tertiary/aromatic N) is 3. The van der Waals surface area contributed by atoms with Crippen LogP contribution in [0.2, 0.25) is 0 Å². The number of aromatic nitrogens is 2. The third-order valence-corrected chi connectivity index (χ3v) is 4.65. The maximum Gasteiger partial charge on any atom is 0.311 e. The van der Waals surface area contributed by atoms with Crippen LogP contribution in [0.4, 0.5) is 10.9 Å². The fourth-order valence-corrected chi connectivity index (χ4v) is 3.43. The standard InChI is InChI=1S/C17H20N4O3S/c1-2-24-14(22)10-12-11-25-17(19-12)20-16(23)13-6-5-7-18-15(13)21-8-3-4-9-21/h5-7,11H,2-4,8-10H2,1H3,(H,19,20,23). The summed E-state index contributed by atoms with van der Waals surface area (Å²) < 4.78 is 4.90. The first-order chi connectivity index (χ1) is 12.2. The van der Waals surface area contributed by atoms with Crippen molar-refractivity contribution in [3.8, 4) is 0 Å². The van der Waals surface area contributed by atoms with Gasteiger partial charge in [-0.25, -0.2) is 9.97 Å². The predicted octanol–water partition coefficient (Wildman–Crippen LogP) is 2.50. The van der Waals surface area contributed by atoms with E-state index in [9.17, 15) is 9.59 Å². The minimum atomic E-state index is -0.325. The zero-order chi connectivity index (χ0) is 17.6. The van der Waals surface area contributed by atoms with E-state index in [1.54, 1.807) is 30.6 Å². The van der Waals surface area contributed by atoms with Gasteiger partial charge in [0, 0.05) is 24.7 Å². The Labute approximate surface area is 150 Å². The van der Waals surface area contributed by atoms with Gasteiger partial charge in [-0.3, -0.25) is 14.9 Å². The molecule has 2 aromatic heterocycles. The highest BCUT2D eigenvalue weighted by Gasteiger charge is 2.21. The average Bonchev–Trinajstić information content (AvgIpc) is 3.27. The van der Waals surface area contributed by atoms with Gasteiger partial charge in [0.15, 0.2) is 5.13 Å². The first kappa shape index (κ1) is 17.3. The number of esters is 1. The van der Waals surface area contributed by atoms with Gasteiger partial charge in [-0.15, -0.1) is 11.3 Å². The molecule has 1 fully saturated rings. The van der Waals surface area contributed by atoms with E-state index >= 15 is 0 Å². The molecule has 0 saturated carbocycles. The fraction of sp³-hybridized carbons (Fsp3) is 0.412. The lowest BCUT2D eigenvalue weighted by molar-refractivity contribution is -0.142. The molecule has 0 bridgehead atoms. The zero-order valence-corrected chi connectivity index (χ0v) is 14.8. The van der Waals surface area contributed by atoms with Crippen molar-refractivity contribution in [2.45, 2.75) is 26.2 Å². The second-order valence-corrected chi connectivity index (χ2v) is 6.51. The SMILES string of the molecule is CCOC(=O)Cc1csc(NC(=O)c2cccnc2N2CCCC2)n1. The molecule has 132 valence electrons. The van der Waals surface area contributed by atoms with E-state index in [1.165, 1.54) is 11.3 Å². The second-order valence-electron chi connectivity index (χ2n) is 5.65. The molecule has 1 aliphatic heterocycles. The van der Waals surface area contributed by atoms with Gasteiger partial charge in [0.2, 0.25) is 0 Å². The van der Waals surface area contributed by atoms with E-state index < -0.39 is 0 Å². The molecule has 3 rings (SSSR count). The average molecular weight is 360 g/mol. The molecule has 25 heavy (non-hydrogen) atoms. The molecule has 0 unspecified atom stereocenters. The Morgan fingerprint density at radius 2 is 2.16 bits per heavy atom. The molecule has 1 saturated heterocycles. The van der Waals surface area contributed by atoms with Crippen LogP contribution >= 0.6 is 11.3 Å². The second kappa shape index (κ2) is 8.06. The first-order valence-electron chi connectivity index (χ1n) is 8.28. The van der Waals surface area contributed by atoms with Gasteiger partial charge in [0.05, 0.1) is 24.3 Å². The van der Waals surface area contributed by atoms with Crippen molar-refractivity contribution in [3.63, 3.8) is 0 Å². The quantitative estimate of drug-likeness (QED) is 0.797. The smallest absolute Gasteiger partial charge is 0.311 e.